The third-order valence-electron chi connectivity index (χ3n) is 2.74. The van der Waals surface area contributed by atoms with Crippen molar-refractivity contribution in [1.29, 1.82) is 0 Å². The molecule has 1 atom stereocenters. The molecule has 2 rings (SSSR count). The molecule has 1 N–H and O–H groups in total. The van der Waals surface area contributed by atoms with E-state index in [0.717, 1.165) is 12.8 Å². The molecule has 0 radical (unpaired) electrons. The third-order valence-corrected chi connectivity index (χ3v) is 2.87. The van der Waals surface area contributed by atoms with Crippen LogP contribution in [-0.4, -0.2) is 11.5 Å². The molecule has 1 heterocycles. The molecule has 1 aromatic rings. The van der Waals surface area contributed by atoms with E-state index in [1.54, 1.807) is 0 Å². The molecule has 1 aliphatic carbocycles. The molecule has 0 bridgehead atoms. The number of aryl methyl sites for hydroxylation is 1. The van der Waals surface area contributed by atoms with Crippen LogP contribution in [0.3, 0.4) is 0 Å². The van der Waals surface area contributed by atoms with E-state index in [0.29, 0.717) is 17.6 Å². The van der Waals surface area contributed by atoms with Gasteiger partial charge in [-0.2, -0.15) is 0 Å². The van der Waals surface area contributed by atoms with Crippen LogP contribution in [0.5, 0.6) is 0 Å². The van der Waals surface area contributed by atoms with Gasteiger partial charge in [0.15, 0.2) is 0 Å². The molecule has 3 heteroatoms. The first-order valence-electron chi connectivity index (χ1n) is 5.28. The largest absolute Gasteiger partial charge is 0.304 e. The first-order chi connectivity index (χ1) is 7.27. The lowest BCUT2D eigenvalue weighted by Gasteiger charge is -2.25. The van der Waals surface area contributed by atoms with Gasteiger partial charge in [-0.25, -0.2) is 0 Å². The Morgan fingerprint density at radius 1 is 1.67 bits per heavy atom. The lowest BCUT2D eigenvalue weighted by molar-refractivity contribution is 0.467. The van der Waals surface area contributed by atoms with Crippen molar-refractivity contribution in [3.8, 4) is 0 Å². The normalized spacial score (nSPS) is 19.7. The van der Waals surface area contributed by atoms with Gasteiger partial charge in [-0.1, -0.05) is 24.2 Å². The smallest absolute Gasteiger partial charge is 0.0605 e. The molecule has 0 saturated heterocycles. The predicted octanol–water partition coefficient (Wildman–Crippen LogP) is 2.80. The van der Waals surface area contributed by atoms with Crippen molar-refractivity contribution in [2.75, 3.05) is 6.54 Å². The van der Waals surface area contributed by atoms with Crippen molar-refractivity contribution in [3.05, 3.63) is 41.2 Å². The summed E-state index contributed by atoms with van der Waals surface area (Å²) in [6, 6.07) is 4.50. The summed E-state index contributed by atoms with van der Waals surface area (Å²) in [7, 11) is 0. The van der Waals surface area contributed by atoms with E-state index in [9.17, 15) is 0 Å². The number of pyridine rings is 1. The zero-order valence-electron chi connectivity index (χ0n) is 8.67. The molecule has 1 aliphatic rings. The zero-order chi connectivity index (χ0) is 10.7. The van der Waals surface area contributed by atoms with Gasteiger partial charge in [0, 0.05) is 17.8 Å². The molecule has 15 heavy (non-hydrogen) atoms. The standard InChI is InChI=1S/C12H15ClN2/c1-9(13)8-15-11-6-2-4-10-5-3-7-14-12(10)11/h3,5,7,11,15H,1-2,4,6,8H2. The Kier molecular flexibility index (Phi) is 3.39. The number of hydrogen-bond acceptors (Lipinski definition) is 2. The summed E-state index contributed by atoms with van der Waals surface area (Å²) in [4.78, 5) is 4.44. The average Bonchev–Trinajstić information content (AvgIpc) is 2.26. The van der Waals surface area contributed by atoms with E-state index < -0.39 is 0 Å². The van der Waals surface area contributed by atoms with Crippen molar-refractivity contribution in [2.24, 2.45) is 0 Å². The van der Waals surface area contributed by atoms with Crippen LogP contribution in [0.2, 0.25) is 0 Å². The van der Waals surface area contributed by atoms with Crippen molar-refractivity contribution >= 4 is 11.6 Å². The minimum Gasteiger partial charge on any atom is -0.304 e. The number of rotatable bonds is 3. The molecule has 1 unspecified atom stereocenters. The maximum atomic E-state index is 5.75. The summed E-state index contributed by atoms with van der Waals surface area (Å²) in [6.07, 6.45) is 5.34. The third kappa shape index (κ3) is 2.58. The van der Waals surface area contributed by atoms with Gasteiger partial charge in [-0.15, -0.1) is 0 Å². The van der Waals surface area contributed by atoms with Gasteiger partial charge in [-0.05, 0) is 30.9 Å². The van der Waals surface area contributed by atoms with Gasteiger partial charge >= 0.3 is 0 Å². The van der Waals surface area contributed by atoms with Crippen molar-refractivity contribution in [1.82, 2.24) is 10.3 Å². The molecule has 80 valence electrons. The van der Waals surface area contributed by atoms with Crippen LogP contribution in [0, 0.1) is 0 Å². The van der Waals surface area contributed by atoms with Gasteiger partial charge in [0.05, 0.1) is 11.7 Å². The zero-order valence-corrected chi connectivity index (χ0v) is 9.43. The highest BCUT2D eigenvalue weighted by Crippen LogP contribution is 2.27. The van der Waals surface area contributed by atoms with E-state index in [2.05, 4.69) is 22.9 Å². The van der Waals surface area contributed by atoms with Crippen LogP contribution in [0.4, 0.5) is 0 Å². The summed E-state index contributed by atoms with van der Waals surface area (Å²) in [5.41, 5.74) is 2.54. The Labute approximate surface area is 95.4 Å². The van der Waals surface area contributed by atoms with E-state index in [1.165, 1.54) is 17.7 Å². The molecule has 0 fully saturated rings. The van der Waals surface area contributed by atoms with Gasteiger partial charge in [0.1, 0.15) is 0 Å². The molecule has 0 aliphatic heterocycles. The number of fused-ring (bicyclic) bond motifs is 1. The summed E-state index contributed by atoms with van der Waals surface area (Å²) in [5.74, 6) is 0. The second-order valence-electron chi connectivity index (χ2n) is 3.89. The molecule has 0 aromatic carbocycles. The molecule has 0 amide bonds. The van der Waals surface area contributed by atoms with Crippen LogP contribution >= 0.6 is 11.6 Å². The highest BCUT2D eigenvalue weighted by Gasteiger charge is 2.20. The topological polar surface area (TPSA) is 24.9 Å². The SMILES string of the molecule is C=C(Cl)CNC1CCCc2cccnc21. The van der Waals surface area contributed by atoms with Crippen LogP contribution in [0.1, 0.15) is 30.1 Å². The maximum Gasteiger partial charge on any atom is 0.0605 e. The van der Waals surface area contributed by atoms with E-state index >= 15 is 0 Å². The van der Waals surface area contributed by atoms with Crippen molar-refractivity contribution in [3.63, 3.8) is 0 Å². The summed E-state index contributed by atoms with van der Waals surface area (Å²) in [5, 5.41) is 4.03. The molecular formula is C12H15ClN2. The van der Waals surface area contributed by atoms with Crippen LogP contribution in [-0.2, 0) is 6.42 Å². The number of nitrogens with one attached hydrogen (secondary N) is 1. The second-order valence-corrected chi connectivity index (χ2v) is 4.43. The number of halogens is 1. The molecule has 0 spiro atoms. The van der Waals surface area contributed by atoms with Gasteiger partial charge in [0.25, 0.3) is 0 Å². The minimum atomic E-state index is 0.338. The van der Waals surface area contributed by atoms with Crippen molar-refractivity contribution < 1.29 is 0 Å². The Bertz CT molecular complexity index is 362. The Balaban J connectivity index is 2.11. The number of nitrogens with zero attached hydrogens (tertiary/aromatic N) is 1. The quantitative estimate of drug-likeness (QED) is 0.851. The Hall–Kier alpha value is -0.860. The first-order valence-corrected chi connectivity index (χ1v) is 5.65. The van der Waals surface area contributed by atoms with Crippen molar-refractivity contribution in [2.45, 2.75) is 25.3 Å². The highest BCUT2D eigenvalue weighted by atomic mass is 35.5. The minimum absolute atomic E-state index is 0.338. The fourth-order valence-corrected chi connectivity index (χ4v) is 2.12. The predicted molar refractivity (Wildman–Crippen MR) is 62.9 cm³/mol. The van der Waals surface area contributed by atoms with Crippen LogP contribution in [0.25, 0.3) is 0 Å². The van der Waals surface area contributed by atoms with Gasteiger partial charge < -0.3 is 5.32 Å². The number of hydrogen-bond donors (Lipinski definition) is 1. The maximum absolute atomic E-state index is 5.75. The number of aromatic nitrogens is 1. The second kappa shape index (κ2) is 4.77. The molecule has 0 saturated carbocycles. The highest BCUT2D eigenvalue weighted by molar-refractivity contribution is 6.29. The molecular weight excluding hydrogens is 208 g/mol. The molecule has 1 aromatic heterocycles. The average molecular weight is 223 g/mol. The Morgan fingerprint density at radius 2 is 2.53 bits per heavy atom. The fraction of sp³-hybridized carbons (Fsp3) is 0.417. The monoisotopic (exact) mass is 222 g/mol. The van der Waals surface area contributed by atoms with Crippen LogP contribution < -0.4 is 5.32 Å². The summed E-state index contributed by atoms with van der Waals surface area (Å²) in [6.45, 7) is 4.33. The Morgan fingerprint density at radius 3 is 3.33 bits per heavy atom. The van der Waals surface area contributed by atoms with Gasteiger partial charge in [-0.3, -0.25) is 4.98 Å². The van der Waals surface area contributed by atoms with E-state index in [1.807, 2.05) is 12.3 Å². The molecule has 2 nitrogen and oxygen atoms in total. The fourth-order valence-electron chi connectivity index (χ4n) is 2.04. The lowest BCUT2D eigenvalue weighted by atomic mass is 9.92. The van der Waals surface area contributed by atoms with E-state index in [4.69, 9.17) is 11.6 Å². The van der Waals surface area contributed by atoms with E-state index in [-0.39, 0.29) is 0 Å². The summed E-state index contributed by atoms with van der Waals surface area (Å²) < 4.78 is 0. The summed E-state index contributed by atoms with van der Waals surface area (Å²) >= 11 is 5.75. The van der Waals surface area contributed by atoms with Crippen LogP contribution in [0.15, 0.2) is 29.9 Å². The first kappa shape index (κ1) is 10.7. The van der Waals surface area contributed by atoms with Gasteiger partial charge in [0.2, 0.25) is 0 Å². The lowest BCUT2D eigenvalue weighted by Crippen LogP contribution is -2.27.